The molecule has 2 N–H and O–H groups in total. The molecule has 2 heterocycles. The van der Waals surface area contributed by atoms with Crippen molar-refractivity contribution < 1.29 is 13.2 Å². The molecule has 3 aromatic rings. The third kappa shape index (κ3) is 3.38. The Morgan fingerprint density at radius 2 is 1.91 bits per heavy atom. The van der Waals surface area contributed by atoms with Gasteiger partial charge in [0.1, 0.15) is 35.4 Å². The van der Waals surface area contributed by atoms with Crippen LogP contribution in [0, 0.1) is 11.6 Å². The number of nitrogens with zero attached hydrogens (tertiary/aromatic N) is 2. The van der Waals surface area contributed by atoms with Crippen molar-refractivity contribution in [1.29, 1.82) is 0 Å². The van der Waals surface area contributed by atoms with Crippen LogP contribution in [-0.2, 0) is 6.54 Å². The minimum absolute atomic E-state index is 0.136. The summed E-state index contributed by atoms with van der Waals surface area (Å²) in [5.74, 6) is 0.381. The molecule has 0 bridgehead atoms. The Hall–Kier alpha value is -2.96. The molecule has 7 heteroatoms. The molecule has 3 rings (SSSR count). The van der Waals surface area contributed by atoms with Gasteiger partial charge in [0.25, 0.3) is 0 Å². The molecule has 0 atom stereocenters. The lowest BCUT2D eigenvalue weighted by Gasteiger charge is -2.08. The van der Waals surface area contributed by atoms with Gasteiger partial charge in [0.2, 0.25) is 0 Å². The maximum absolute atomic E-state index is 13.6. The summed E-state index contributed by atoms with van der Waals surface area (Å²) in [5, 5.41) is 5.84. The highest BCUT2D eigenvalue weighted by molar-refractivity contribution is 5.59. The number of furan rings is 1. The Kier molecular flexibility index (Phi) is 3.95. The lowest BCUT2D eigenvalue weighted by Crippen LogP contribution is -2.03. The van der Waals surface area contributed by atoms with Crippen LogP contribution in [0.15, 0.2) is 53.4 Å². The number of anilines is 3. The second-order valence-electron chi connectivity index (χ2n) is 4.47. The van der Waals surface area contributed by atoms with E-state index in [4.69, 9.17) is 4.42 Å². The molecule has 2 aromatic heterocycles. The fourth-order valence-corrected chi connectivity index (χ4v) is 1.84. The normalized spacial score (nSPS) is 10.5. The van der Waals surface area contributed by atoms with Gasteiger partial charge in [0, 0.05) is 12.1 Å². The van der Waals surface area contributed by atoms with Gasteiger partial charge in [-0.1, -0.05) is 0 Å². The molecule has 0 aliphatic carbocycles. The van der Waals surface area contributed by atoms with Crippen LogP contribution < -0.4 is 10.6 Å². The van der Waals surface area contributed by atoms with Gasteiger partial charge < -0.3 is 15.1 Å². The molecule has 22 heavy (non-hydrogen) atoms. The average molecular weight is 302 g/mol. The van der Waals surface area contributed by atoms with Crippen LogP contribution in [0.25, 0.3) is 0 Å². The second kappa shape index (κ2) is 6.21. The van der Waals surface area contributed by atoms with Crippen LogP contribution in [0.1, 0.15) is 5.76 Å². The summed E-state index contributed by atoms with van der Waals surface area (Å²) < 4.78 is 31.7. The first-order chi connectivity index (χ1) is 10.7. The van der Waals surface area contributed by atoms with Crippen molar-refractivity contribution in [2.24, 2.45) is 0 Å². The SMILES string of the molecule is Fc1ccc(Nc2cc(NCc3ccco3)ncn2)c(F)c1. The molecule has 0 amide bonds. The van der Waals surface area contributed by atoms with E-state index >= 15 is 0 Å². The summed E-state index contributed by atoms with van der Waals surface area (Å²) in [6, 6.07) is 8.53. The van der Waals surface area contributed by atoms with E-state index in [1.54, 1.807) is 18.4 Å². The second-order valence-corrected chi connectivity index (χ2v) is 4.47. The topological polar surface area (TPSA) is 63.0 Å². The number of rotatable bonds is 5. The maximum Gasteiger partial charge on any atom is 0.149 e. The van der Waals surface area contributed by atoms with E-state index in [1.165, 1.54) is 18.5 Å². The van der Waals surface area contributed by atoms with Gasteiger partial charge in [-0.15, -0.1) is 0 Å². The van der Waals surface area contributed by atoms with Gasteiger partial charge in [-0.25, -0.2) is 18.7 Å². The van der Waals surface area contributed by atoms with Crippen molar-refractivity contribution in [3.8, 4) is 0 Å². The first-order valence-corrected chi connectivity index (χ1v) is 6.51. The lowest BCUT2D eigenvalue weighted by atomic mass is 10.3. The molecule has 112 valence electrons. The maximum atomic E-state index is 13.6. The van der Waals surface area contributed by atoms with Crippen molar-refractivity contribution in [3.63, 3.8) is 0 Å². The predicted molar refractivity (Wildman–Crippen MR) is 77.7 cm³/mol. The summed E-state index contributed by atoms with van der Waals surface area (Å²) in [6.45, 7) is 0.467. The first kappa shape index (κ1) is 14.0. The van der Waals surface area contributed by atoms with Crippen molar-refractivity contribution in [1.82, 2.24) is 9.97 Å². The molecule has 5 nitrogen and oxygen atoms in total. The van der Waals surface area contributed by atoms with E-state index in [0.717, 1.165) is 11.8 Å². The number of nitrogens with one attached hydrogen (secondary N) is 2. The van der Waals surface area contributed by atoms with E-state index in [-0.39, 0.29) is 5.69 Å². The van der Waals surface area contributed by atoms with Gasteiger partial charge in [-0.05, 0) is 24.3 Å². The molecular formula is C15H12F2N4O. The summed E-state index contributed by atoms with van der Waals surface area (Å²) in [5.41, 5.74) is 0.136. The van der Waals surface area contributed by atoms with Gasteiger partial charge >= 0.3 is 0 Å². The van der Waals surface area contributed by atoms with E-state index in [2.05, 4.69) is 20.6 Å². The van der Waals surface area contributed by atoms with Crippen LogP contribution in [0.2, 0.25) is 0 Å². The zero-order chi connectivity index (χ0) is 15.4. The molecule has 0 unspecified atom stereocenters. The minimum atomic E-state index is -0.691. The van der Waals surface area contributed by atoms with Crippen molar-refractivity contribution in [2.45, 2.75) is 6.54 Å². The number of halogens is 2. The van der Waals surface area contributed by atoms with E-state index in [1.807, 2.05) is 6.07 Å². The van der Waals surface area contributed by atoms with Crippen molar-refractivity contribution in [3.05, 3.63) is 66.4 Å². The van der Waals surface area contributed by atoms with E-state index in [0.29, 0.717) is 18.2 Å². The molecule has 0 spiro atoms. The standard InChI is InChI=1S/C15H12F2N4O/c16-10-3-4-13(12(17)6-10)21-15-7-14(19-9-20-15)18-8-11-2-1-5-22-11/h1-7,9H,8H2,(H2,18,19,20,21). The first-order valence-electron chi connectivity index (χ1n) is 6.51. The highest BCUT2D eigenvalue weighted by Crippen LogP contribution is 2.20. The Bertz CT molecular complexity index is 762. The smallest absolute Gasteiger partial charge is 0.149 e. The molecule has 0 radical (unpaired) electrons. The highest BCUT2D eigenvalue weighted by atomic mass is 19.1. The quantitative estimate of drug-likeness (QED) is 0.752. The number of hydrogen-bond donors (Lipinski definition) is 2. The molecule has 1 aromatic carbocycles. The van der Waals surface area contributed by atoms with E-state index < -0.39 is 11.6 Å². The molecule has 0 saturated carbocycles. The molecule has 0 fully saturated rings. The third-order valence-corrected chi connectivity index (χ3v) is 2.88. The van der Waals surface area contributed by atoms with Crippen LogP contribution in [0.4, 0.5) is 26.1 Å². The van der Waals surface area contributed by atoms with Gasteiger partial charge in [0.15, 0.2) is 0 Å². The molecular weight excluding hydrogens is 290 g/mol. The largest absolute Gasteiger partial charge is 0.467 e. The monoisotopic (exact) mass is 302 g/mol. The third-order valence-electron chi connectivity index (χ3n) is 2.88. The summed E-state index contributed by atoms with van der Waals surface area (Å²) in [4.78, 5) is 8.06. The molecule has 0 aliphatic heterocycles. The fraction of sp³-hybridized carbons (Fsp3) is 0.0667. The van der Waals surface area contributed by atoms with Crippen LogP contribution in [0.3, 0.4) is 0 Å². The zero-order valence-corrected chi connectivity index (χ0v) is 11.4. The van der Waals surface area contributed by atoms with Crippen molar-refractivity contribution in [2.75, 3.05) is 10.6 Å². The Morgan fingerprint density at radius 1 is 1.05 bits per heavy atom. The van der Waals surface area contributed by atoms with Crippen molar-refractivity contribution >= 4 is 17.3 Å². The van der Waals surface area contributed by atoms with E-state index in [9.17, 15) is 8.78 Å². The number of aromatic nitrogens is 2. The van der Waals surface area contributed by atoms with Crippen LogP contribution in [0.5, 0.6) is 0 Å². The van der Waals surface area contributed by atoms with Crippen LogP contribution >= 0.6 is 0 Å². The Labute approximate surface area is 125 Å². The zero-order valence-electron chi connectivity index (χ0n) is 11.4. The molecule has 0 aliphatic rings. The number of benzene rings is 1. The average Bonchev–Trinajstić information content (AvgIpc) is 3.02. The van der Waals surface area contributed by atoms with Gasteiger partial charge in [0.05, 0.1) is 18.5 Å². The van der Waals surface area contributed by atoms with Crippen LogP contribution in [-0.4, -0.2) is 9.97 Å². The lowest BCUT2D eigenvalue weighted by molar-refractivity contribution is 0.518. The van der Waals surface area contributed by atoms with Gasteiger partial charge in [-0.2, -0.15) is 0 Å². The summed E-state index contributed by atoms with van der Waals surface area (Å²) in [6.07, 6.45) is 2.93. The minimum Gasteiger partial charge on any atom is -0.467 e. The Morgan fingerprint density at radius 3 is 2.68 bits per heavy atom. The highest BCUT2D eigenvalue weighted by Gasteiger charge is 2.06. The summed E-state index contributed by atoms with van der Waals surface area (Å²) >= 11 is 0. The summed E-state index contributed by atoms with van der Waals surface area (Å²) in [7, 11) is 0. The number of hydrogen-bond acceptors (Lipinski definition) is 5. The van der Waals surface area contributed by atoms with Gasteiger partial charge in [-0.3, -0.25) is 0 Å². The predicted octanol–water partition coefficient (Wildman–Crippen LogP) is 3.70. The Balaban J connectivity index is 1.70. The fourth-order valence-electron chi connectivity index (χ4n) is 1.84. The molecule has 0 saturated heterocycles.